The van der Waals surface area contributed by atoms with Gasteiger partial charge < -0.3 is 9.47 Å². The third-order valence-electron chi connectivity index (χ3n) is 3.62. The van der Waals surface area contributed by atoms with Gasteiger partial charge in [-0.3, -0.25) is 14.4 Å². The zero-order valence-electron chi connectivity index (χ0n) is 13.2. The first-order valence-corrected chi connectivity index (χ1v) is 6.86. The van der Waals surface area contributed by atoms with E-state index < -0.39 is 17.4 Å². The SMILES string of the molecule is COC(=O)C1(C(=O)OC)CC(/C=C/C(C)C)=C(C(C)=O)C1. The van der Waals surface area contributed by atoms with Gasteiger partial charge >= 0.3 is 11.9 Å². The Morgan fingerprint density at radius 3 is 2.00 bits per heavy atom. The number of carbonyl (C=O) groups excluding carboxylic acids is 3. The smallest absolute Gasteiger partial charge is 0.323 e. The van der Waals surface area contributed by atoms with Crippen molar-refractivity contribution in [1.82, 2.24) is 0 Å². The second-order valence-corrected chi connectivity index (χ2v) is 5.58. The average Bonchev–Trinajstić information content (AvgIpc) is 2.84. The normalized spacial score (nSPS) is 17.4. The van der Waals surface area contributed by atoms with Gasteiger partial charge in [-0.2, -0.15) is 0 Å². The molecule has 0 saturated heterocycles. The van der Waals surface area contributed by atoms with Crippen LogP contribution in [-0.4, -0.2) is 31.9 Å². The molecule has 116 valence electrons. The van der Waals surface area contributed by atoms with Crippen LogP contribution in [0.15, 0.2) is 23.3 Å². The summed E-state index contributed by atoms with van der Waals surface area (Å²) in [5.74, 6) is -1.17. The van der Waals surface area contributed by atoms with E-state index in [1.165, 1.54) is 21.1 Å². The molecule has 0 heterocycles. The van der Waals surface area contributed by atoms with E-state index in [0.29, 0.717) is 17.1 Å². The van der Waals surface area contributed by atoms with Crippen molar-refractivity contribution in [3.63, 3.8) is 0 Å². The minimum Gasteiger partial charge on any atom is -0.468 e. The standard InChI is InChI=1S/C16H22O5/c1-10(2)6-7-12-8-16(14(18)20-4,15(19)21-5)9-13(12)11(3)17/h6-7,10H,8-9H2,1-5H3/b7-6+. The highest BCUT2D eigenvalue weighted by Gasteiger charge is 2.53. The maximum absolute atomic E-state index is 12.1. The molecule has 0 bridgehead atoms. The van der Waals surface area contributed by atoms with Crippen LogP contribution in [0.5, 0.6) is 0 Å². The summed E-state index contributed by atoms with van der Waals surface area (Å²) in [6.07, 6.45) is 3.90. The molecule has 0 aromatic carbocycles. The molecule has 0 aromatic rings. The fourth-order valence-corrected chi connectivity index (χ4v) is 2.49. The first-order valence-electron chi connectivity index (χ1n) is 6.86. The number of ketones is 1. The molecule has 0 N–H and O–H groups in total. The average molecular weight is 294 g/mol. The molecular formula is C16H22O5. The molecule has 0 fully saturated rings. The van der Waals surface area contributed by atoms with Gasteiger partial charge in [-0.05, 0) is 30.4 Å². The van der Waals surface area contributed by atoms with Crippen LogP contribution in [-0.2, 0) is 23.9 Å². The Bertz CT molecular complexity index is 495. The van der Waals surface area contributed by atoms with Crippen molar-refractivity contribution >= 4 is 17.7 Å². The summed E-state index contributed by atoms with van der Waals surface area (Å²) in [6, 6.07) is 0. The molecule has 0 radical (unpaired) electrons. The van der Waals surface area contributed by atoms with E-state index in [2.05, 4.69) is 0 Å². The van der Waals surface area contributed by atoms with Crippen LogP contribution in [0.1, 0.15) is 33.6 Å². The Balaban J connectivity index is 3.25. The predicted octanol–water partition coefficient (Wildman–Crippen LogP) is 2.21. The maximum atomic E-state index is 12.1. The van der Waals surface area contributed by atoms with Gasteiger partial charge in [0.25, 0.3) is 0 Å². The first kappa shape index (κ1) is 17.1. The van der Waals surface area contributed by atoms with Crippen LogP contribution < -0.4 is 0 Å². The molecule has 0 aromatic heterocycles. The Morgan fingerprint density at radius 1 is 1.10 bits per heavy atom. The first-order chi connectivity index (χ1) is 9.78. The van der Waals surface area contributed by atoms with Crippen LogP contribution in [0.2, 0.25) is 0 Å². The van der Waals surface area contributed by atoms with E-state index in [9.17, 15) is 14.4 Å². The Morgan fingerprint density at radius 2 is 1.62 bits per heavy atom. The van der Waals surface area contributed by atoms with E-state index in [0.717, 1.165) is 0 Å². The molecule has 0 aliphatic heterocycles. The van der Waals surface area contributed by atoms with Gasteiger partial charge in [0.15, 0.2) is 11.2 Å². The van der Waals surface area contributed by atoms with Gasteiger partial charge in [0, 0.05) is 6.42 Å². The molecule has 0 atom stereocenters. The monoisotopic (exact) mass is 294 g/mol. The second kappa shape index (κ2) is 6.70. The summed E-state index contributed by atoms with van der Waals surface area (Å²) in [7, 11) is 2.45. The summed E-state index contributed by atoms with van der Waals surface area (Å²) in [6.45, 7) is 5.45. The topological polar surface area (TPSA) is 69.7 Å². The fourth-order valence-electron chi connectivity index (χ4n) is 2.49. The summed E-state index contributed by atoms with van der Waals surface area (Å²) in [5, 5.41) is 0. The summed E-state index contributed by atoms with van der Waals surface area (Å²) in [4.78, 5) is 36.0. The van der Waals surface area contributed by atoms with E-state index in [1.54, 1.807) is 0 Å². The van der Waals surface area contributed by atoms with Crippen molar-refractivity contribution in [2.75, 3.05) is 14.2 Å². The highest BCUT2D eigenvalue weighted by Crippen LogP contribution is 2.45. The predicted molar refractivity (Wildman–Crippen MR) is 77.4 cm³/mol. The maximum Gasteiger partial charge on any atom is 0.323 e. The zero-order chi connectivity index (χ0) is 16.2. The van der Waals surface area contributed by atoms with Gasteiger partial charge in [-0.15, -0.1) is 0 Å². The number of hydrogen-bond donors (Lipinski definition) is 0. The molecule has 21 heavy (non-hydrogen) atoms. The lowest BCUT2D eigenvalue weighted by atomic mass is 9.83. The Hall–Kier alpha value is -1.91. The number of ether oxygens (including phenoxy) is 2. The highest BCUT2D eigenvalue weighted by molar-refractivity contribution is 6.05. The van der Waals surface area contributed by atoms with Gasteiger partial charge in [0.05, 0.1) is 14.2 Å². The molecule has 5 nitrogen and oxygen atoms in total. The minimum absolute atomic E-state index is 0.0272. The number of allylic oxidation sites excluding steroid dienone is 4. The van der Waals surface area contributed by atoms with Crippen LogP contribution in [0.25, 0.3) is 0 Å². The van der Waals surface area contributed by atoms with Gasteiger partial charge in [0.1, 0.15) is 0 Å². The number of hydrogen-bond acceptors (Lipinski definition) is 5. The van der Waals surface area contributed by atoms with Crippen molar-refractivity contribution < 1.29 is 23.9 Å². The molecule has 5 heteroatoms. The zero-order valence-corrected chi connectivity index (χ0v) is 13.2. The van der Waals surface area contributed by atoms with Crippen LogP contribution in [0.3, 0.4) is 0 Å². The quantitative estimate of drug-likeness (QED) is 0.574. The summed E-state index contributed by atoms with van der Waals surface area (Å²) in [5.41, 5.74) is -0.254. The van der Waals surface area contributed by atoms with Crippen LogP contribution in [0.4, 0.5) is 0 Å². The molecule has 0 saturated carbocycles. The lowest BCUT2D eigenvalue weighted by Gasteiger charge is -2.23. The Kier molecular flexibility index (Phi) is 5.47. The van der Waals surface area contributed by atoms with Crippen LogP contribution in [0, 0.1) is 11.3 Å². The van der Waals surface area contributed by atoms with E-state index >= 15 is 0 Å². The number of carbonyl (C=O) groups is 3. The van der Waals surface area contributed by atoms with E-state index in [-0.39, 0.29) is 18.6 Å². The van der Waals surface area contributed by atoms with E-state index in [4.69, 9.17) is 9.47 Å². The third kappa shape index (κ3) is 3.40. The van der Waals surface area contributed by atoms with Crippen molar-refractivity contribution in [2.24, 2.45) is 11.3 Å². The number of esters is 2. The number of Topliss-reactive ketones (excluding diaryl/α,β-unsaturated/α-hetero) is 1. The van der Waals surface area contributed by atoms with Gasteiger partial charge in [-0.25, -0.2) is 0 Å². The summed E-state index contributed by atoms with van der Waals surface area (Å²) < 4.78 is 9.52. The Labute approximate surface area is 125 Å². The molecular weight excluding hydrogens is 272 g/mol. The number of methoxy groups -OCH3 is 2. The lowest BCUT2D eigenvalue weighted by molar-refractivity contribution is -0.168. The van der Waals surface area contributed by atoms with Crippen LogP contribution >= 0.6 is 0 Å². The van der Waals surface area contributed by atoms with Crippen molar-refractivity contribution in [3.05, 3.63) is 23.3 Å². The summed E-state index contributed by atoms with van der Waals surface area (Å²) >= 11 is 0. The second-order valence-electron chi connectivity index (χ2n) is 5.58. The molecule has 0 spiro atoms. The number of rotatable bonds is 5. The van der Waals surface area contributed by atoms with Crippen molar-refractivity contribution in [1.29, 1.82) is 0 Å². The largest absolute Gasteiger partial charge is 0.468 e. The molecule has 0 amide bonds. The third-order valence-corrected chi connectivity index (χ3v) is 3.62. The van der Waals surface area contributed by atoms with Gasteiger partial charge in [-0.1, -0.05) is 26.0 Å². The van der Waals surface area contributed by atoms with Gasteiger partial charge in [0.2, 0.25) is 0 Å². The van der Waals surface area contributed by atoms with E-state index in [1.807, 2.05) is 26.0 Å². The molecule has 1 aliphatic carbocycles. The molecule has 0 unspecified atom stereocenters. The minimum atomic E-state index is -1.44. The fraction of sp³-hybridized carbons (Fsp3) is 0.562. The molecule has 1 aliphatic rings. The van der Waals surface area contributed by atoms with Crippen molar-refractivity contribution in [2.45, 2.75) is 33.6 Å². The highest BCUT2D eigenvalue weighted by atomic mass is 16.5. The van der Waals surface area contributed by atoms with Crippen molar-refractivity contribution in [3.8, 4) is 0 Å². The lowest BCUT2D eigenvalue weighted by Crippen LogP contribution is -2.39. The molecule has 1 rings (SSSR count).